The fourth-order valence-corrected chi connectivity index (χ4v) is 2.89. The van der Waals surface area contributed by atoms with E-state index in [1.807, 2.05) is 0 Å². The molecule has 1 atom stereocenters. The fourth-order valence-electron chi connectivity index (χ4n) is 1.71. The van der Waals surface area contributed by atoms with Crippen LogP contribution in [0.25, 0.3) is 0 Å². The van der Waals surface area contributed by atoms with E-state index in [2.05, 4.69) is 4.72 Å². The Hall–Kier alpha value is -1.31. The van der Waals surface area contributed by atoms with Crippen molar-refractivity contribution < 1.29 is 23.0 Å². The van der Waals surface area contributed by atoms with Gasteiger partial charge in [-0.3, -0.25) is 0 Å². The summed E-state index contributed by atoms with van der Waals surface area (Å²) in [6.45, 7) is 2.95. The molecule has 20 heavy (non-hydrogen) atoms. The minimum absolute atomic E-state index is 0.0658. The standard InChI is InChI=1S/C13H19NO5S/c1-10(9-15)8-14-20(16,17)11-3-4-12-13(7-11)19-6-2-5-18-12/h3-4,7,10,14-15H,2,5-6,8-9H2,1H3. The van der Waals surface area contributed by atoms with Gasteiger partial charge in [-0.1, -0.05) is 6.92 Å². The summed E-state index contributed by atoms with van der Waals surface area (Å²) >= 11 is 0. The Morgan fingerprint density at radius 3 is 2.70 bits per heavy atom. The average molecular weight is 301 g/mol. The van der Waals surface area contributed by atoms with Crippen molar-refractivity contribution in [2.45, 2.75) is 18.2 Å². The molecule has 0 saturated heterocycles. The Morgan fingerprint density at radius 1 is 1.30 bits per heavy atom. The maximum atomic E-state index is 12.1. The molecule has 0 fully saturated rings. The quantitative estimate of drug-likeness (QED) is 0.838. The summed E-state index contributed by atoms with van der Waals surface area (Å²) in [7, 11) is -3.61. The van der Waals surface area contributed by atoms with Crippen LogP contribution in [0.15, 0.2) is 23.1 Å². The second-order valence-corrected chi connectivity index (χ2v) is 6.57. The largest absolute Gasteiger partial charge is 0.490 e. The predicted molar refractivity (Wildman–Crippen MR) is 73.5 cm³/mol. The molecule has 1 unspecified atom stereocenters. The molecule has 2 N–H and O–H groups in total. The molecule has 0 aromatic heterocycles. The third kappa shape index (κ3) is 3.62. The number of aliphatic hydroxyl groups excluding tert-OH is 1. The zero-order valence-electron chi connectivity index (χ0n) is 11.3. The van der Waals surface area contributed by atoms with Gasteiger partial charge in [0.05, 0.1) is 18.1 Å². The number of sulfonamides is 1. The van der Waals surface area contributed by atoms with Crippen molar-refractivity contribution in [2.24, 2.45) is 5.92 Å². The zero-order chi connectivity index (χ0) is 14.6. The van der Waals surface area contributed by atoms with Crippen LogP contribution in [0.5, 0.6) is 11.5 Å². The maximum Gasteiger partial charge on any atom is 0.240 e. The molecule has 0 aliphatic carbocycles. The number of nitrogens with one attached hydrogen (secondary N) is 1. The first-order valence-electron chi connectivity index (χ1n) is 6.53. The van der Waals surface area contributed by atoms with Gasteiger partial charge in [0.15, 0.2) is 11.5 Å². The molecule has 0 radical (unpaired) electrons. The number of ether oxygens (including phenoxy) is 2. The minimum atomic E-state index is -3.61. The molecule has 1 aliphatic rings. The Bertz CT molecular complexity index is 558. The lowest BCUT2D eigenvalue weighted by atomic mass is 10.2. The molecule has 1 heterocycles. The summed E-state index contributed by atoms with van der Waals surface area (Å²) in [4.78, 5) is 0.131. The molecule has 112 valence electrons. The highest BCUT2D eigenvalue weighted by Gasteiger charge is 2.19. The van der Waals surface area contributed by atoms with E-state index in [-0.39, 0.29) is 24.0 Å². The molecule has 2 rings (SSSR count). The van der Waals surface area contributed by atoms with Gasteiger partial charge >= 0.3 is 0 Å². The highest BCUT2D eigenvalue weighted by molar-refractivity contribution is 7.89. The first-order valence-corrected chi connectivity index (χ1v) is 8.01. The van der Waals surface area contributed by atoms with E-state index in [1.165, 1.54) is 12.1 Å². The fraction of sp³-hybridized carbons (Fsp3) is 0.538. The molecule has 0 spiro atoms. The molecular formula is C13H19NO5S. The van der Waals surface area contributed by atoms with Gasteiger partial charge in [0.2, 0.25) is 10.0 Å². The average Bonchev–Trinajstić information content (AvgIpc) is 2.69. The predicted octanol–water partition coefficient (Wildman–Crippen LogP) is 0.755. The van der Waals surface area contributed by atoms with Crippen LogP contribution in [0.1, 0.15) is 13.3 Å². The van der Waals surface area contributed by atoms with Crippen molar-refractivity contribution in [3.8, 4) is 11.5 Å². The van der Waals surface area contributed by atoms with Crippen molar-refractivity contribution in [3.05, 3.63) is 18.2 Å². The minimum Gasteiger partial charge on any atom is -0.490 e. The van der Waals surface area contributed by atoms with Gasteiger partial charge in [0, 0.05) is 25.6 Å². The molecular weight excluding hydrogens is 282 g/mol. The third-order valence-electron chi connectivity index (χ3n) is 2.96. The van der Waals surface area contributed by atoms with E-state index < -0.39 is 10.0 Å². The third-order valence-corrected chi connectivity index (χ3v) is 4.38. The number of hydrogen-bond donors (Lipinski definition) is 2. The van der Waals surface area contributed by atoms with Crippen LogP contribution in [0.4, 0.5) is 0 Å². The molecule has 0 amide bonds. The van der Waals surface area contributed by atoms with Crippen molar-refractivity contribution in [2.75, 3.05) is 26.4 Å². The van der Waals surface area contributed by atoms with Crippen molar-refractivity contribution in [1.82, 2.24) is 4.72 Å². The summed E-state index contributed by atoms with van der Waals surface area (Å²) in [5.74, 6) is 0.871. The first-order chi connectivity index (χ1) is 9.53. The molecule has 6 nitrogen and oxygen atoms in total. The highest BCUT2D eigenvalue weighted by Crippen LogP contribution is 2.31. The van der Waals surface area contributed by atoms with Crippen LogP contribution in [-0.4, -0.2) is 39.9 Å². The molecule has 1 aliphatic heterocycles. The number of fused-ring (bicyclic) bond motifs is 1. The Kier molecular flexibility index (Phi) is 4.85. The highest BCUT2D eigenvalue weighted by atomic mass is 32.2. The van der Waals surface area contributed by atoms with E-state index in [0.29, 0.717) is 24.7 Å². The lowest BCUT2D eigenvalue weighted by Gasteiger charge is -2.12. The maximum absolute atomic E-state index is 12.1. The van der Waals surface area contributed by atoms with Crippen LogP contribution in [-0.2, 0) is 10.0 Å². The molecule has 7 heteroatoms. The van der Waals surface area contributed by atoms with Gasteiger partial charge in [0.25, 0.3) is 0 Å². The molecule has 1 aromatic rings. The zero-order valence-corrected chi connectivity index (χ0v) is 12.1. The second-order valence-electron chi connectivity index (χ2n) is 4.80. The Morgan fingerprint density at radius 2 is 2.00 bits per heavy atom. The number of benzene rings is 1. The van der Waals surface area contributed by atoms with E-state index >= 15 is 0 Å². The SMILES string of the molecule is CC(CO)CNS(=O)(=O)c1ccc2c(c1)OCCCO2. The summed E-state index contributed by atoms with van der Waals surface area (Å²) < 4.78 is 37.7. The summed E-state index contributed by atoms with van der Waals surface area (Å²) in [6, 6.07) is 4.55. The normalized spacial score (nSPS) is 16.5. The Balaban J connectivity index is 2.17. The van der Waals surface area contributed by atoms with Gasteiger partial charge in [-0.25, -0.2) is 13.1 Å². The van der Waals surface area contributed by atoms with Gasteiger partial charge < -0.3 is 14.6 Å². The second kappa shape index (κ2) is 6.43. The summed E-state index contributed by atoms with van der Waals surface area (Å²) in [5, 5.41) is 8.92. The monoisotopic (exact) mass is 301 g/mol. The molecule has 0 saturated carbocycles. The lowest BCUT2D eigenvalue weighted by Crippen LogP contribution is -2.29. The van der Waals surface area contributed by atoms with Gasteiger partial charge in [-0.15, -0.1) is 0 Å². The van der Waals surface area contributed by atoms with Crippen LogP contribution in [0.2, 0.25) is 0 Å². The van der Waals surface area contributed by atoms with E-state index in [0.717, 1.165) is 6.42 Å². The van der Waals surface area contributed by atoms with E-state index in [9.17, 15) is 8.42 Å². The number of hydrogen-bond acceptors (Lipinski definition) is 5. The van der Waals surface area contributed by atoms with Crippen LogP contribution < -0.4 is 14.2 Å². The Labute approximate surface area is 118 Å². The van der Waals surface area contributed by atoms with Crippen molar-refractivity contribution in [3.63, 3.8) is 0 Å². The smallest absolute Gasteiger partial charge is 0.240 e. The van der Waals surface area contributed by atoms with Crippen LogP contribution >= 0.6 is 0 Å². The molecule has 1 aromatic carbocycles. The summed E-state index contributed by atoms with van der Waals surface area (Å²) in [5.41, 5.74) is 0. The van der Waals surface area contributed by atoms with Crippen LogP contribution in [0, 0.1) is 5.92 Å². The summed E-state index contributed by atoms with van der Waals surface area (Å²) in [6.07, 6.45) is 0.767. The number of aliphatic hydroxyl groups is 1. The van der Waals surface area contributed by atoms with Gasteiger partial charge in [-0.05, 0) is 18.1 Å². The van der Waals surface area contributed by atoms with E-state index in [1.54, 1.807) is 13.0 Å². The van der Waals surface area contributed by atoms with Gasteiger partial charge in [0.1, 0.15) is 0 Å². The first kappa shape index (κ1) is 15.1. The van der Waals surface area contributed by atoms with Gasteiger partial charge in [-0.2, -0.15) is 0 Å². The van der Waals surface area contributed by atoms with Crippen LogP contribution in [0.3, 0.4) is 0 Å². The van der Waals surface area contributed by atoms with E-state index in [4.69, 9.17) is 14.6 Å². The molecule has 0 bridgehead atoms. The topological polar surface area (TPSA) is 84.9 Å². The van der Waals surface area contributed by atoms with Crippen molar-refractivity contribution >= 4 is 10.0 Å². The van der Waals surface area contributed by atoms with Crippen molar-refractivity contribution in [1.29, 1.82) is 0 Å². The lowest BCUT2D eigenvalue weighted by molar-refractivity contribution is 0.238. The number of rotatable bonds is 5.